The third-order valence-electron chi connectivity index (χ3n) is 2.60. The maximum Gasteiger partial charge on any atom is 0.0534 e. The smallest absolute Gasteiger partial charge is 0.0534 e. The van der Waals surface area contributed by atoms with E-state index in [-0.39, 0.29) is 6.61 Å². The molecule has 1 rings (SSSR count). The number of hydrogen-bond acceptors (Lipinski definition) is 1. The Hall–Kier alpha value is -0.820. The van der Waals surface area contributed by atoms with Gasteiger partial charge in [-0.1, -0.05) is 39.0 Å². The van der Waals surface area contributed by atoms with E-state index in [1.54, 1.807) is 0 Å². The molecule has 1 radical (unpaired) electrons. The lowest BCUT2D eigenvalue weighted by atomic mass is 9.95. The van der Waals surface area contributed by atoms with Crippen LogP contribution in [0.15, 0.2) is 18.2 Å². The lowest BCUT2D eigenvalue weighted by molar-refractivity contribution is 0.315. The van der Waals surface area contributed by atoms with Crippen molar-refractivity contribution in [3.05, 3.63) is 40.8 Å². The van der Waals surface area contributed by atoms with E-state index in [0.29, 0.717) is 0 Å². The minimum absolute atomic E-state index is 0.149. The maximum absolute atomic E-state index is 9.08. The van der Waals surface area contributed by atoms with Crippen molar-refractivity contribution in [3.63, 3.8) is 0 Å². The highest BCUT2D eigenvalue weighted by molar-refractivity contribution is 5.37. The van der Waals surface area contributed by atoms with Crippen LogP contribution in [0.1, 0.15) is 37.5 Å². The molecule has 0 aliphatic rings. The summed E-state index contributed by atoms with van der Waals surface area (Å²) in [5, 5.41) is 9.08. The zero-order valence-corrected chi connectivity index (χ0v) is 9.30. The number of benzene rings is 1. The van der Waals surface area contributed by atoms with Crippen LogP contribution in [0.2, 0.25) is 0 Å². The van der Waals surface area contributed by atoms with Crippen molar-refractivity contribution in [2.24, 2.45) is 0 Å². The molecule has 1 aromatic carbocycles. The fraction of sp³-hybridized carbons (Fsp3) is 0.462. The van der Waals surface area contributed by atoms with Crippen molar-refractivity contribution < 1.29 is 5.11 Å². The number of hydrogen-bond donors (Lipinski definition) is 1. The van der Waals surface area contributed by atoms with Crippen LogP contribution >= 0.6 is 0 Å². The van der Waals surface area contributed by atoms with E-state index >= 15 is 0 Å². The Balaban J connectivity index is 3.04. The standard InChI is InChI=1S/C13H19O/c1-4-11-6-12(5-2)8-13(7-11)10(3)9-14/h6-8,14H,4-5,9H2,1-3H3. The molecular weight excluding hydrogens is 172 g/mol. The summed E-state index contributed by atoms with van der Waals surface area (Å²) in [6, 6.07) is 6.59. The average molecular weight is 191 g/mol. The van der Waals surface area contributed by atoms with Gasteiger partial charge in [0.15, 0.2) is 0 Å². The molecule has 1 N–H and O–H groups in total. The second-order valence-corrected chi connectivity index (χ2v) is 3.68. The Labute approximate surface area is 86.8 Å². The average Bonchev–Trinajstić information content (AvgIpc) is 2.27. The molecule has 1 aromatic rings. The van der Waals surface area contributed by atoms with Crippen molar-refractivity contribution in [1.82, 2.24) is 0 Å². The second kappa shape index (κ2) is 5.16. The zero-order chi connectivity index (χ0) is 10.6. The van der Waals surface area contributed by atoms with Crippen molar-refractivity contribution in [2.75, 3.05) is 6.61 Å². The molecular formula is C13H19O. The molecule has 0 heterocycles. The zero-order valence-electron chi connectivity index (χ0n) is 9.30. The van der Waals surface area contributed by atoms with E-state index in [0.717, 1.165) is 18.8 Å². The van der Waals surface area contributed by atoms with Crippen molar-refractivity contribution in [1.29, 1.82) is 0 Å². The molecule has 1 heteroatoms. The first-order valence-corrected chi connectivity index (χ1v) is 5.27. The highest BCUT2D eigenvalue weighted by Crippen LogP contribution is 2.18. The molecule has 77 valence electrons. The quantitative estimate of drug-likeness (QED) is 0.776. The molecule has 0 atom stereocenters. The van der Waals surface area contributed by atoms with Crippen LogP contribution in [0.25, 0.3) is 0 Å². The number of aliphatic hydroxyl groups is 1. The van der Waals surface area contributed by atoms with Crippen LogP contribution in [0.3, 0.4) is 0 Å². The molecule has 1 nitrogen and oxygen atoms in total. The SMILES string of the molecule is CCc1cc(CC)cc([C](C)CO)c1. The predicted molar refractivity (Wildman–Crippen MR) is 60.3 cm³/mol. The molecule has 0 amide bonds. The van der Waals surface area contributed by atoms with Gasteiger partial charge in [0, 0.05) is 5.92 Å². The van der Waals surface area contributed by atoms with Gasteiger partial charge in [0.1, 0.15) is 0 Å². The van der Waals surface area contributed by atoms with Gasteiger partial charge < -0.3 is 5.11 Å². The minimum atomic E-state index is 0.149. The van der Waals surface area contributed by atoms with Crippen molar-refractivity contribution in [3.8, 4) is 0 Å². The summed E-state index contributed by atoms with van der Waals surface area (Å²) in [4.78, 5) is 0. The highest BCUT2D eigenvalue weighted by Gasteiger charge is 2.06. The largest absolute Gasteiger partial charge is 0.395 e. The number of aryl methyl sites for hydroxylation is 2. The third kappa shape index (κ3) is 2.58. The van der Waals surface area contributed by atoms with Gasteiger partial charge in [-0.05, 0) is 29.5 Å². The van der Waals surface area contributed by atoms with E-state index in [1.807, 2.05) is 6.92 Å². The third-order valence-corrected chi connectivity index (χ3v) is 2.60. The summed E-state index contributed by atoms with van der Waals surface area (Å²) in [5.41, 5.74) is 3.89. The van der Waals surface area contributed by atoms with Crippen molar-refractivity contribution in [2.45, 2.75) is 33.6 Å². The first-order valence-electron chi connectivity index (χ1n) is 5.27. The molecule has 0 fully saturated rings. The fourth-order valence-electron chi connectivity index (χ4n) is 1.51. The van der Waals surface area contributed by atoms with Crippen molar-refractivity contribution >= 4 is 0 Å². The molecule has 14 heavy (non-hydrogen) atoms. The number of rotatable bonds is 4. The molecule has 0 unspecified atom stereocenters. The first kappa shape index (κ1) is 11.3. The minimum Gasteiger partial charge on any atom is -0.395 e. The van der Waals surface area contributed by atoms with Crippen LogP contribution in [-0.4, -0.2) is 11.7 Å². The molecule has 0 saturated heterocycles. The first-order chi connectivity index (χ1) is 6.71. The van der Waals surface area contributed by atoms with Crippen LogP contribution in [0.5, 0.6) is 0 Å². The molecule has 0 spiro atoms. The molecule has 0 aromatic heterocycles. The summed E-state index contributed by atoms with van der Waals surface area (Å²) >= 11 is 0. The van der Waals surface area contributed by atoms with E-state index in [9.17, 15) is 0 Å². The Morgan fingerprint density at radius 3 is 1.93 bits per heavy atom. The van der Waals surface area contributed by atoms with Gasteiger partial charge in [-0.25, -0.2) is 0 Å². The topological polar surface area (TPSA) is 20.2 Å². The molecule has 0 bridgehead atoms. The monoisotopic (exact) mass is 191 g/mol. The summed E-state index contributed by atoms with van der Waals surface area (Å²) in [5.74, 6) is 1.05. The van der Waals surface area contributed by atoms with Gasteiger partial charge in [-0.15, -0.1) is 0 Å². The van der Waals surface area contributed by atoms with E-state index in [1.165, 1.54) is 16.7 Å². The van der Waals surface area contributed by atoms with Crippen LogP contribution in [-0.2, 0) is 12.8 Å². The van der Waals surface area contributed by atoms with Gasteiger partial charge in [0.25, 0.3) is 0 Å². The second-order valence-electron chi connectivity index (χ2n) is 3.68. The summed E-state index contributed by atoms with van der Waals surface area (Å²) in [7, 11) is 0. The van der Waals surface area contributed by atoms with Gasteiger partial charge in [0.05, 0.1) is 6.61 Å². The Bertz CT molecular complexity index is 269. The molecule has 0 saturated carbocycles. The van der Waals surface area contributed by atoms with Gasteiger partial charge >= 0.3 is 0 Å². The lowest BCUT2D eigenvalue weighted by Gasteiger charge is -2.11. The Morgan fingerprint density at radius 2 is 1.57 bits per heavy atom. The van der Waals surface area contributed by atoms with E-state index in [4.69, 9.17) is 5.11 Å². The van der Waals surface area contributed by atoms with Crippen LogP contribution in [0, 0.1) is 5.92 Å². The highest BCUT2D eigenvalue weighted by atomic mass is 16.3. The van der Waals surface area contributed by atoms with Gasteiger partial charge in [0.2, 0.25) is 0 Å². The summed E-state index contributed by atoms with van der Waals surface area (Å²) in [6.45, 7) is 6.45. The van der Waals surface area contributed by atoms with E-state index in [2.05, 4.69) is 32.0 Å². The fourth-order valence-corrected chi connectivity index (χ4v) is 1.51. The molecule has 0 aliphatic heterocycles. The molecule has 0 aliphatic carbocycles. The van der Waals surface area contributed by atoms with Gasteiger partial charge in [-0.3, -0.25) is 0 Å². The van der Waals surface area contributed by atoms with Crippen LogP contribution in [0.4, 0.5) is 0 Å². The Morgan fingerprint density at radius 1 is 1.07 bits per heavy atom. The number of aliphatic hydroxyl groups excluding tert-OH is 1. The van der Waals surface area contributed by atoms with Crippen LogP contribution < -0.4 is 0 Å². The predicted octanol–water partition coefficient (Wildman–Crippen LogP) is 2.75. The van der Waals surface area contributed by atoms with Gasteiger partial charge in [-0.2, -0.15) is 0 Å². The summed E-state index contributed by atoms with van der Waals surface area (Å²) < 4.78 is 0. The summed E-state index contributed by atoms with van der Waals surface area (Å²) in [6.07, 6.45) is 2.11. The Kier molecular flexibility index (Phi) is 4.15. The maximum atomic E-state index is 9.08. The van der Waals surface area contributed by atoms with E-state index < -0.39 is 0 Å². The lowest BCUT2D eigenvalue weighted by Crippen LogP contribution is -2.02. The normalized spacial score (nSPS) is 10.9.